The SMILES string of the molecule is Cn1c(SCC(=O)Nc2ccc(F)cc2F)nnc1-c1ccc(=O)n(C)c1. The van der Waals surface area contributed by atoms with Crippen LogP contribution in [0, 0.1) is 11.6 Å². The van der Waals surface area contributed by atoms with Crippen LogP contribution in [0.4, 0.5) is 14.5 Å². The van der Waals surface area contributed by atoms with Crippen molar-refractivity contribution in [1.29, 1.82) is 0 Å². The molecule has 0 unspecified atom stereocenters. The van der Waals surface area contributed by atoms with Crippen LogP contribution in [0.5, 0.6) is 0 Å². The summed E-state index contributed by atoms with van der Waals surface area (Å²) in [6.07, 6.45) is 1.64. The van der Waals surface area contributed by atoms with Crippen LogP contribution in [0.15, 0.2) is 46.5 Å². The van der Waals surface area contributed by atoms with Gasteiger partial charge in [-0.05, 0) is 18.2 Å². The molecular weight excluding hydrogens is 376 g/mol. The largest absolute Gasteiger partial charge is 0.323 e. The summed E-state index contributed by atoms with van der Waals surface area (Å²) in [5, 5.41) is 11.0. The topological polar surface area (TPSA) is 81.8 Å². The molecule has 7 nitrogen and oxygen atoms in total. The van der Waals surface area contributed by atoms with Gasteiger partial charge < -0.3 is 14.5 Å². The lowest BCUT2D eigenvalue weighted by Crippen LogP contribution is -2.15. The molecule has 1 N–H and O–H groups in total. The number of nitrogens with one attached hydrogen (secondary N) is 1. The summed E-state index contributed by atoms with van der Waals surface area (Å²) in [4.78, 5) is 23.5. The minimum absolute atomic E-state index is 0.0317. The van der Waals surface area contributed by atoms with Crippen LogP contribution in [0.2, 0.25) is 0 Å². The molecule has 2 heterocycles. The lowest BCUT2D eigenvalue weighted by Gasteiger charge is -2.07. The highest BCUT2D eigenvalue weighted by molar-refractivity contribution is 7.99. The van der Waals surface area contributed by atoms with Crippen LogP contribution in [-0.2, 0) is 18.9 Å². The Morgan fingerprint density at radius 3 is 2.67 bits per heavy atom. The van der Waals surface area contributed by atoms with Gasteiger partial charge in [0, 0.05) is 38.0 Å². The molecule has 0 atom stereocenters. The molecule has 27 heavy (non-hydrogen) atoms. The van der Waals surface area contributed by atoms with Crippen molar-refractivity contribution in [3.8, 4) is 11.4 Å². The number of pyridine rings is 1. The molecule has 2 aromatic heterocycles. The van der Waals surface area contributed by atoms with Gasteiger partial charge in [-0.2, -0.15) is 0 Å². The van der Waals surface area contributed by atoms with E-state index >= 15 is 0 Å². The van der Waals surface area contributed by atoms with Crippen molar-refractivity contribution >= 4 is 23.4 Å². The fourth-order valence-electron chi connectivity index (χ4n) is 2.33. The van der Waals surface area contributed by atoms with Crippen molar-refractivity contribution < 1.29 is 13.6 Å². The van der Waals surface area contributed by atoms with E-state index in [1.165, 1.54) is 10.6 Å². The number of amides is 1. The average molecular weight is 391 g/mol. The van der Waals surface area contributed by atoms with Crippen LogP contribution in [-0.4, -0.2) is 31.0 Å². The van der Waals surface area contributed by atoms with E-state index in [1.807, 2.05) is 0 Å². The van der Waals surface area contributed by atoms with Crippen molar-refractivity contribution in [1.82, 2.24) is 19.3 Å². The van der Waals surface area contributed by atoms with Gasteiger partial charge in [0.05, 0.1) is 11.4 Å². The number of carbonyl (C=O) groups excluding carboxylic acids is 1. The molecular formula is C17H15F2N5O2S. The second kappa shape index (κ2) is 7.70. The third kappa shape index (κ3) is 4.22. The van der Waals surface area contributed by atoms with Gasteiger partial charge in [0.1, 0.15) is 11.6 Å². The second-order valence-electron chi connectivity index (χ2n) is 5.69. The first-order chi connectivity index (χ1) is 12.8. The Kier molecular flexibility index (Phi) is 5.36. The minimum atomic E-state index is -0.844. The zero-order chi connectivity index (χ0) is 19.6. The van der Waals surface area contributed by atoms with Gasteiger partial charge in [0.2, 0.25) is 11.5 Å². The van der Waals surface area contributed by atoms with Gasteiger partial charge in [0.15, 0.2) is 11.0 Å². The third-order valence-corrected chi connectivity index (χ3v) is 4.74. The van der Waals surface area contributed by atoms with Gasteiger partial charge in [-0.3, -0.25) is 9.59 Å². The lowest BCUT2D eigenvalue weighted by atomic mass is 10.2. The molecule has 3 rings (SSSR count). The van der Waals surface area contributed by atoms with Crippen molar-refractivity contribution in [3.63, 3.8) is 0 Å². The van der Waals surface area contributed by atoms with Gasteiger partial charge in [-0.1, -0.05) is 11.8 Å². The van der Waals surface area contributed by atoms with E-state index in [0.717, 1.165) is 23.9 Å². The smallest absolute Gasteiger partial charge is 0.250 e. The van der Waals surface area contributed by atoms with E-state index in [0.29, 0.717) is 22.6 Å². The summed E-state index contributed by atoms with van der Waals surface area (Å²) < 4.78 is 29.6. The predicted octanol–water partition coefficient (Wildman–Crippen LogP) is 2.19. The van der Waals surface area contributed by atoms with Crippen LogP contribution in [0.1, 0.15) is 0 Å². The zero-order valence-corrected chi connectivity index (χ0v) is 15.3. The Labute approximate surface area is 157 Å². The highest BCUT2D eigenvalue weighted by Gasteiger charge is 2.14. The highest BCUT2D eigenvalue weighted by Crippen LogP contribution is 2.22. The fraction of sp³-hybridized carbons (Fsp3) is 0.176. The van der Waals surface area contributed by atoms with Crippen molar-refractivity contribution in [3.05, 3.63) is 58.5 Å². The summed E-state index contributed by atoms with van der Waals surface area (Å²) >= 11 is 1.12. The number of benzene rings is 1. The van der Waals surface area contributed by atoms with Crippen molar-refractivity contribution in [2.24, 2.45) is 14.1 Å². The number of thioether (sulfide) groups is 1. The molecule has 0 aliphatic carbocycles. The monoisotopic (exact) mass is 391 g/mol. The summed E-state index contributed by atoms with van der Waals surface area (Å²) in [7, 11) is 3.37. The summed E-state index contributed by atoms with van der Waals surface area (Å²) in [5.41, 5.74) is 0.475. The maximum absolute atomic E-state index is 13.6. The van der Waals surface area contributed by atoms with E-state index in [-0.39, 0.29) is 17.0 Å². The first kappa shape index (κ1) is 18.8. The molecule has 0 aliphatic rings. The number of hydrogen-bond acceptors (Lipinski definition) is 5. The van der Waals surface area contributed by atoms with Crippen LogP contribution in [0.3, 0.4) is 0 Å². The Hall–Kier alpha value is -3.01. The van der Waals surface area contributed by atoms with Crippen molar-refractivity contribution in [2.45, 2.75) is 5.16 Å². The molecule has 0 saturated carbocycles. The maximum atomic E-state index is 13.6. The van der Waals surface area contributed by atoms with Gasteiger partial charge >= 0.3 is 0 Å². The first-order valence-corrected chi connectivity index (χ1v) is 8.78. The standard InChI is InChI=1S/C17H15F2N5O2S/c1-23-8-10(3-6-15(23)26)16-21-22-17(24(16)2)27-9-14(25)20-13-5-4-11(18)7-12(13)19/h3-8H,9H2,1-2H3,(H,20,25). The van der Waals surface area contributed by atoms with E-state index in [4.69, 9.17) is 0 Å². The Bertz CT molecular complexity index is 1060. The third-order valence-electron chi connectivity index (χ3n) is 3.72. The maximum Gasteiger partial charge on any atom is 0.250 e. The molecule has 0 bridgehead atoms. The second-order valence-corrected chi connectivity index (χ2v) is 6.64. The number of nitrogens with zero attached hydrogens (tertiary/aromatic N) is 4. The summed E-state index contributed by atoms with van der Waals surface area (Å²) in [6.45, 7) is 0. The van der Waals surface area contributed by atoms with E-state index in [9.17, 15) is 18.4 Å². The Morgan fingerprint density at radius 2 is 1.96 bits per heavy atom. The zero-order valence-electron chi connectivity index (χ0n) is 14.4. The normalized spacial score (nSPS) is 10.8. The number of aryl methyl sites for hydroxylation is 1. The number of carbonyl (C=O) groups is 1. The molecule has 0 fully saturated rings. The first-order valence-electron chi connectivity index (χ1n) is 7.79. The number of anilines is 1. The molecule has 0 saturated heterocycles. The summed E-state index contributed by atoms with van der Waals surface area (Å²) in [5.74, 6) is -1.51. The van der Waals surface area contributed by atoms with E-state index in [2.05, 4.69) is 15.5 Å². The summed E-state index contributed by atoms with van der Waals surface area (Å²) in [6, 6.07) is 6.00. The number of halogens is 2. The number of aromatic nitrogens is 4. The Morgan fingerprint density at radius 1 is 1.19 bits per heavy atom. The average Bonchev–Trinajstić information content (AvgIpc) is 2.99. The molecule has 10 heteroatoms. The molecule has 3 aromatic rings. The van der Waals surface area contributed by atoms with Gasteiger partial charge in [-0.25, -0.2) is 8.78 Å². The van der Waals surface area contributed by atoms with Gasteiger partial charge in [-0.15, -0.1) is 10.2 Å². The molecule has 0 spiro atoms. The van der Waals surface area contributed by atoms with E-state index in [1.54, 1.807) is 30.9 Å². The van der Waals surface area contributed by atoms with Gasteiger partial charge in [0.25, 0.3) is 0 Å². The molecule has 0 radical (unpaired) electrons. The molecule has 1 aromatic carbocycles. The van der Waals surface area contributed by atoms with Crippen LogP contribution in [0.25, 0.3) is 11.4 Å². The number of rotatable bonds is 5. The number of hydrogen-bond donors (Lipinski definition) is 1. The predicted molar refractivity (Wildman–Crippen MR) is 97.4 cm³/mol. The molecule has 1 amide bonds. The van der Waals surface area contributed by atoms with Crippen LogP contribution < -0.4 is 10.9 Å². The fourth-order valence-corrected chi connectivity index (χ4v) is 3.04. The van der Waals surface area contributed by atoms with E-state index < -0.39 is 17.5 Å². The van der Waals surface area contributed by atoms with Crippen LogP contribution >= 0.6 is 11.8 Å². The van der Waals surface area contributed by atoms with Crippen molar-refractivity contribution in [2.75, 3.05) is 11.1 Å². The Balaban J connectivity index is 1.68. The molecule has 0 aliphatic heterocycles. The minimum Gasteiger partial charge on any atom is -0.323 e. The molecule has 140 valence electrons. The quantitative estimate of drug-likeness (QED) is 0.675. The highest BCUT2D eigenvalue weighted by atomic mass is 32.2. The lowest BCUT2D eigenvalue weighted by molar-refractivity contribution is -0.113.